The van der Waals surface area contributed by atoms with E-state index in [1.54, 1.807) is 36.4 Å². The van der Waals surface area contributed by atoms with Gasteiger partial charge in [0.2, 0.25) is 0 Å². The van der Waals surface area contributed by atoms with Crippen molar-refractivity contribution in [1.29, 1.82) is 0 Å². The van der Waals surface area contributed by atoms with Gasteiger partial charge in [0.25, 0.3) is 0 Å². The zero-order valence-corrected chi connectivity index (χ0v) is 22.5. The molecule has 2 nitrogen and oxygen atoms in total. The SMILES string of the molecule is C=CCCC1COC(c2ccc(-c3ccc(-c4ccc(CCCCCCC)c(F)c4F)cc3)c(F)c2F)OC1. The van der Waals surface area contributed by atoms with Gasteiger partial charge in [0.1, 0.15) is 0 Å². The largest absolute Gasteiger partial charge is 0.348 e. The molecule has 1 heterocycles. The van der Waals surface area contributed by atoms with Crippen LogP contribution in [0.15, 0.2) is 61.2 Å². The van der Waals surface area contributed by atoms with Crippen molar-refractivity contribution < 1.29 is 27.0 Å². The lowest BCUT2D eigenvalue weighted by Gasteiger charge is -2.29. The third-order valence-electron chi connectivity index (χ3n) is 7.33. The summed E-state index contributed by atoms with van der Waals surface area (Å²) >= 11 is 0. The molecule has 1 saturated heterocycles. The van der Waals surface area contributed by atoms with Crippen molar-refractivity contribution in [3.8, 4) is 22.3 Å². The summed E-state index contributed by atoms with van der Waals surface area (Å²) < 4.78 is 71.1. The highest BCUT2D eigenvalue weighted by Gasteiger charge is 2.28. The van der Waals surface area contributed by atoms with Crippen molar-refractivity contribution in [2.75, 3.05) is 13.2 Å². The van der Waals surface area contributed by atoms with Crippen LogP contribution in [0, 0.1) is 29.2 Å². The first-order valence-corrected chi connectivity index (χ1v) is 13.8. The van der Waals surface area contributed by atoms with E-state index in [9.17, 15) is 8.78 Å². The fourth-order valence-electron chi connectivity index (χ4n) is 4.97. The number of hydrogen-bond donors (Lipinski definition) is 0. The number of unbranched alkanes of at least 4 members (excludes halogenated alkanes) is 4. The van der Waals surface area contributed by atoms with Gasteiger partial charge in [-0.25, -0.2) is 17.6 Å². The van der Waals surface area contributed by atoms with Crippen molar-refractivity contribution in [3.63, 3.8) is 0 Å². The Hall–Kier alpha value is -2.96. The van der Waals surface area contributed by atoms with Crippen LogP contribution in [-0.2, 0) is 15.9 Å². The van der Waals surface area contributed by atoms with Crippen LogP contribution in [0.4, 0.5) is 17.6 Å². The maximum Gasteiger partial charge on any atom is 0.186 e. The smallest absolute Gasteiger partial charge is 0.186 e. The Labute approximate surface area is 228 Å². The molecule has 39 heavy (non-hydrogen) atoms. The van der Waals surface area contributed by atoms with Gasteiger partial charge in [0, 0.05) is 22.6 Å². The molecule has 0 saturated carbocycles. The quantitative estimate of drug-likeness (QED) is 0.129. The van der Waals surface area contributed by atoms with Crippen molar-refractivity contribution in [3.05, 3.63) is 95.6 Å². The third-order valence-corrected chi connectivity index (χ3v) is 7.33. The van der Waals surface area contributed by atoms with E-state index < -0.39 is 29.6 Å². The van der Waals surface area contributed by atoms with E-state index in [0.29, 0.717) is 36.3 Å². The normalized spacial score (nSPS) is 17.4. The fourth-order valence-corrected chi connectivity index (χ4v) is 4.97. The Bertz CT molecular complexity index is 1250. The topological polar surface area (TPSA) is 18.5 Å². The molecule has 1 fully saturated rings. The van der Waals surface area contributed by atoms with Gasteiger partial charge in [-0.05, 0) is 42.4 Å². The summed E-state index contributed by atoms with van der Waals surface area (Å²) in [5.41, 5.74) is 1.46. The highest BCUT2D eigenvalue weighted by Crippen LogP contribution is 2.35. The van der Waals surface area contributed by atoms with Crippen LogP contribution in [0.5, 0.6) is 0 Å². The van der Waals surface area contributed by atoms with Crippen molar-refractivity contribution >= 4 is 0 Å². The Morgan fingerprint density at radius 1 is 0.744 bits per heavy atom. The first kappa shape index (κ1) is 29.0. The molecule has 0 aromatic heterocycles. The van der Waals surface area contributed by atoms with Crippen molar-refractivity contribution in [2.24, 2.45) is 5.92 Å². The molecule has 0 N–H and O–H groups in total. The zero-order chi connectivity index (χ0) is 27.8. The number of ether oxygens (including phenoxy) is 2. The number of allylic oxidation sites excluding steroid dienone is 1. The third kappa shape index (κ3) is 6.98. The van der Waals surface area contributed by atoms with Crippen LogP contribution in [-0.4, -0.2) is 13.2 Å². The lowest BCUT2D eigenvalue weighted by atomic mass is 9.96. The molecule has 0 radical (unpaired) electrons. The van der Waals surface area contributed by atoms with Crippen LogP contribution >= 0.6 is 0 Å². The molecule has 4 rings (SSSR count). The van der Waals surface area contributed by atoms with Gasteiger partial charge >= 0.3 is 0 Å². The van der Waals surface area contributed by atoms with E-state index in [-0.39, 0.29) is 22.6 Å². The molecule has 0 spiro atoms. The van der Waals surface area contributed by atoms with E-state index in [1.165, 1.54) is 12.1 Å². The van der Waals surface area contributed by atoms with Gasteiger partial charge < -0.3 is 9.47 Å². The fraction of sp³-hybridized carbons (Fsp3) is 0.394. The highest BCUT2D eigenvalue weighted by atomic mass is 19.2. The molecule has 208 valence electrons. The van der Waals surface area contributed by atoms with Gasteiger partial charge in [-0.15, -0.1) is 6.58 Å². The lowest BCUT2D eigenvalue weighted by molar-refractivity contribution is -0.207. The van der Waals surface area contributed by atoms with Gasteiger partial charge in [0.15, 0.2) is 29.6 Å². The maximum atomic E-state index is 15.1. The Morgan fingerprint density at radius 3 is 1.95 bits per heavy atom. The Balaban J connectivity index is 1.45. The number of aryl methyl sites for hydroxylation is 1. The monoisotopic (exact) mass is 540 g/mol. The standard InChI is InChI=1S/C33H36F4O2/c1-3-5-7-8-9-11-25-16-17-26(30(35)29(25)34)23-12-14-24(15-13-23)27-18-19-28(32(37)31(27)36)33-38-20-22(21-39-33)10-6-4-2/h4,12-19,22,33H,2-3,5-11,20-21H2,1H3. The number of halogens is 4. The van der Waals surface area contributed by atoms with Crippen LogP contribution in [0.2, 0.25) is 0 Å². The first-order chi connectivity index (χ1) is 18.9. The molecule has 6 heteroatoms. The Kier molecular flexibility index (Phi) is 10.4. The molecular weight excluding hydrogens is 504 g/mol. The van der Waals surface area contributed by atoms with Crippen molar-refractivity contribution in [2.45, 2.75) is 64.6 Å². The van der Waals surface area contributed by atoms with Crippen molar-refractivity contribution in [1.82, 2.24) is 0 Å². The minimum atomic E-state index is -1.02. The number of rotatable bonds is 12. The van der Waals surface area contributed by atoms with Crippen LogP contribution in [0.1, 0.15) is 69.3 Å². The van der Waals surface area contributed by atoms with E-state index in [2.05, 4.69) is 13.5 Å². The second-order valence-electron chi connectivity index (χ2n) is 10.2. The van der Waals surface area contributed by atoms with Gasteiger partial charge in [-0.1, -0.05) is 87.2 Å². The molecule has 0 unspecified atom stereocenters. The predicted molar refractivity (Wildman–Crippen MR) is 147 cm³/mol. The molecule has 3 aromatic rings. The maximum absolute atomic E-state index is 15.1. The van der Waals surface area contributed by atoms with E-state index in [1.807, 2.05) is 6.08 Å². The molecule has 0 amide bonds. The molecule has 0 bridgehead atoms. The van der Waals surface area contributed by atoms with Crippen LogP contribution < -0.4 is 0 Å². The second kappa shape index (κ2) is 13.9. The minimum Gasteiger partial charge on any atom is -0.348 e. The lowest BCUT2D eigenvalue weighted by Crippen LogP contribution is -2.27. The first-order valence-electron chi connectivity index (χ1n) is 13.8. The number of benzene rings is 3. The minimum absolute atomic E-state index is 0.0121. The van der Waals surface area contributed by atoms with E-state index >= 15 is 8.78 Å². The van der Waals surface area contributed by atoms with E-state index in [4.69, 9.17) is 9.47 Å². The molecular formula is C33H36F4O2. The summed E-state index contributed by atoms with van der Waals surface area (Å²) in [5.74, 6) is -3.56. The molecule has 3 aromatic carbocycles. The van der Waals surface area contributed by atoms with Gasteiger partial charge in [0.05, 0.1) is 13.2 Å². The van der Waals surface area contributed by atoms with Gasteiger partial charge in [-0.3, -0.25) is 0 Å². The highest BCUT2D eigenvalue weighted by molar-refractivity contribution is 5.71. The van der Waals surface area contributed by atoms with Crippen LogP contribution in [0.3, 0.4) is 0 Å². The average molecular weight is 541 g/mol. The van der Waals surface area contributed by atoms with Crippen LogP contribution in [0.25, 0.3) is 22.3 Å². The summed E-state index contributed by atoms with van der Waals surface area (Å²) in [6.45, 7) is 6.64. The molecule has 1 aliphatic rings. The molecule has 0 atom stereocenters. The summed E-state index contributed by atoms with van der Waals surface area (Å²) in [7, 11) is 0. The summed E-state index contributed by atoms with van der Waals surface area (Å²) in [6, 6.07) is 12.5. The molecule has 0 aliphatic carbocycles. The predicted octanol–water partition coefficient (Wildman–Crippen LogP) is 9.72. The Morgan fingerprint density at radius 2 is 1.33 bits per heavy atom. The summed E-state index contributed by atoms with van der Waals surface area (Å²) in [4.78, 5) is 0. The average Bonchev–Trinajstić information content (AvgIpc) is 2.96. The molecule has 1 aliphatic heterocycles. The summed E-state index contributed by atoms with van der Waals surface area (Å²) in [5, 5.41) is 0. The second-order valence-corrected chi connectivity index (χ2v) is 10.2. The number of hydrogen-bond acceptors (Lipinski definition) is 2. The zero-order valence-electron chi connectivity index (χ0n) is 22.5. The summed E-state index contributed by atoms with van der Waals surface area (Å²) in [6.07, 6.45) is 8.25. The van der Waals surface area contributed by atoms with Gasteiger partial charge in [-0.2, -0.15) is 0 Å². The van der Waals surface area contributed by atoms with E-state index in [0.717, 1.165) is 44.9 Å².